The maximum Gasteiger partial charge on any atom is 0.306 e. The third-order valence-electron chi connectivity index (χ3n) is 6.98. The van der Waals surface area contributed by atoms with E-state index in [1.165, 1.54) is 0 Å². The van der Waals surface area contributed by atoms with Crippen LogP contribution in [0.25, 0.3) is 0 Å². The highest BCUT2D eigenvalue weighted by Gasteiger charge is 2.22. The van der Waals surface area contributed by atoms with Crippen molar-refractivity contribution in [1.82, 2.24) is 0 Å². The van der Waals surface area contributed by atoms with Crippen molar-refractivity contribution in [2.45, 2.75) is 91.9 Å². The van der Waals surface area contributed by atoms with Gasteiger partial charge in [0, 0.05) is 18.4 Å². The van der Waals surface area contributed by atoms with Gasteiger partial charge in [0.15, 0.2) is 23.0 Å². The van der Waals surface area contributed by atoms with Crippen molar-refractivity contribution in [3.63, 3.8) is 0 Å². The van der Waals surface area contributed by atoms with E-state index in [0.29, 0.717) is 38.2 Å². The molecule has 0 spiro atoms. The van der Waals surface area contributed by atoms with E-state index in [2.05, 4.69) is 32.9 Å². The topological polar surface area (TPSA) is 101 Å². The SMILES string of the molecule is Cc1cc(CCC(=O)OCCOCCOCCOC(=O)CCc2cc(C)c(OI)c(C(C)(C)C)c2)cc(C(C)(C)C)c1O. The maximum absolute atomic E-state index is 12.2. The summed E-state index contributed by atoms with van der Waals surface area (Å²) in [4.78, 5) is 24.3. The van der Waals surface area contributed by atoms with Crippen LogP contribution in [0.2, 0.25) is 0 Å². The van der Waals surface area contributed by atoms with Gasteiger partial charge in [-0.05, 0) is 65.3 Å². The first-order valence-corrected chi connectivity index (χ1v) is 15.7. The van der Waals surface area contributed by atoms with Crippen LogP contribution in [0.3, 0.4) is 0 Å². The summed E-state index contributed by atoms with van der Waals surface area (Å²) in [6, 6.07) is 8.04. The summed E-state index contributed by atoms with van der Waals surface area (Å²) in [7, 11) is 0. The minimum Gasteiger partial charge on any atom is -0.507 e. The average Bonchev–Trinajstić information content (AvgIpc) is 2.91. The van der Waals surface area contributed by atoms with E-state index >= 15 is 0 Å². The molecule has 240 valence electrons. The Morgan fingerprint density at radius 2 is 1.09 bits per heavy atom. The number of aryl methyl sites for hydroxylation is 4. The lowest BCUT2D eigenvalue weighted by molar-refractivity contribution is -0.146. The molecule has 0 aromatic heterocycles. The number of halogens is 1. The molecule has 2 aromatic rings. The molecule has 0 saturated heterocycles. The lowest BCUT2D eigenvalue weighted by Gasteiger charge is -2.23. The fourth-order valence-corrected chi connectivity index (χ4v) is 5.20. The van der Waals surface area contributed by atoms with Crippen LogP contribution in [-0.2, 0) is 52.2 Å². The highest BCUT2D eigenvalue weighted by Crippen LogP contribution is 2.37. The molecule has 0 fully saturated rings. The van der Waals surface area contributed by atoms with Crippen LogP contribution >= 0.6 is 23.0 Å². The summed E-state index contributed by atoms with van der Waals surface area (Å²) < 4.78 is 27.1. The standard InChI is InChI=1S/C34H49IO8/c1-23-19-25(21-27(31(23)38)33(3,4)5)9-11-29(36)41-17-15-39-13-14-40-16-18-42-30(37)12-10-26-20-24(2)32(43-35)28(22-26)34(6,7)8/h19-22,38H,9-18H2,1-8H3. The summed E-state index contributed by atoms with van der Waals surface area (Å²) in [5.74, 6) is 0.641. The minimum atomic E-state index is -0.291. The molecule has 0 aliphatic rings. The Morgan fingerprint density at radius 1 is 0.674 bits per heavy atom. The van der Waals surface area contributed by atoms with E-state index < -0.39 is 0 Å². The van der Waals surface area contributed by atoms with Crippen molar-refractivity contribution in [3.8, 4) is 11.5 Å². The Morgan fingerprint density at radius 3 is 1.53 bits per heavy atom. The first kappa shape index (κ1) is 36.8. The summed E-state index contributed by atoms with van der Waals surface area (Å²) >= 11 is 1.91. The van der Waals surface area contributed by atoms with Crippen LogP contribution in [0.5, 0.6) is 11.5 Å². The highest BCUT2D eigenvalue weighted by molar-refractivity contribution is 14.1. The van der Waals surface area contributed by atoms with Gasteiger partial charge in [-0.2, -0.15) is 0 Å². The number of benzene rings is 2. The normalized spacial score (nSPS) is 11.8. The Hall–Kier alpha value is -2.37. The summed E-state index contributed by atoms with van der Waals surface area (Å²) in [5, 5.41) is 10.4. The van der Waals surface area contributed by atoms with Crippen LogP contribution in [0.1, 0.15) is 87.8 Å². The van der Waals surface area contributed by atoms with Crippen LogP contribution in [0.4, 0.5) is 0 Å². The van der Waals surface area contributed by atoms with Gasteiger partial charge in [0.25, 0.3) is 0 Å². The van der Waals surface area contributed by atoms with Gasteiger partial charge >= 0.3 is 11.9 Å². The molecule has 0 amide bonds. The van der Waals surface area contributed by atoms with Gasteiger partial charge in [0.05, 0.1) is 26.4 Å². The molecule has 0 heterocycles. The van der Waals surface area contributed by atoms with Crippen molar-refractivity contribution in [1.29, 1.82) is 0 Å². The zero-order valence-electron chi connectivity index (χ0n) is 27.1. The molecule has 0 saturated carbocycles. The Labute approximate surface area is 271 Å². The van der Waals surface area contributed by atoms with Gasteiger partial charge in [0.2, 0.25) is 0 Å². The molecule has 0 bridgehead atoms. The van der Waals surface area contributed by atoms with E-state index in [1.54, 1.807) is 0 Å². The van der Waals surface area contributed by atoms with Crippen molar-refractivity contribution in [3.05, 3.63) is 57.6 Å². The van der Waals surface area contributed by atoms with Crippen molar-refractivity contribution in [2.75, 3.05) is 39.6 Å². The van der Waals surface area contributed by atoms with Gasteiger partial charge in [-0.25, -0.2) is 0 Å². The Balaban J connectivity index is 1.55. The van der Waals surface area contributed by atoms with E-state index in [-0.39, 0.29) is 55.6 Å². The number of ether oxygens (including phenoxy) is 4. The number of carbonyl (C=O) groups excluding carboxylic acids is 2. The van der Waals surface area contributed by atoms with E-state index in [0.717, 1.165) is 39.1 Å². The summed E-state index contributed by atoms with van der Waals surface area (Å²) in [6.07, 6.45) is 1.69. The quantitative estimate of drug-likeness (QED) is 0.113. The molecule has 1 N–H and O–H groups in total. The first-order chi connectivity index (χ1) is 20.1. The smallest absolute Gasteiger partial charge is 0.306 e. The Bertz CT molecular complexity index is 1210. The fourth-order valence-electron chi connectivity index (χ4n) is 4.61. The molecule has 0 aliphatic carbocycles. The lowest BCUT2D eigenvalue weighted by atomic mass is 9.83. The zero-order valence-corrected chi connectivity index (χ0v) is 29.2. The van der Waals surface area contributed by atoms with Gasteiger partial charge in [0.1, 0.15) is 24.7 Å². The second kappa shape index (κ2) is 17.2. The molecule has 43 heavy (non-hydrogen) atoms. The number of hydrogen-bond donors (Lipinski definition) is 1. The predicted molar refractivity (Wildman–Crippen MR) is 176 cm³/mol. The van der Waals surface area contributed by atoms with Crippen LogP contribution in [-0.4, -0.2) is 56.7 Å². The lowest BCUT2D eigenvalue weighted by Crippen LogP contribution is -2.16. The van der Waals surface area contributed by atoms with Gasteiger partial charge < -0.3 is 27.1 Å². The molecular weight excluding hydrogens is 663 g/mol. The van der Waals surface area contributed by atoms with Crippen LogP contribution < -0.4 is 3.07 Å². The maximum atomic E-state index is 12.2. The molecule has 2 rings (SSSR count). The van der Waals surface area contributed by atoms with Crippen LogP contribution in [0, 0.1) is 13.8 Å². The van der Waals surface area contributed by atoms with Gasteiger partial charge in [-0.3, -0.25) is 9.59 Å². The second-order valence-corrected chi connectivity index (χ2v) is 13.3. The molecule has 9 heteroatoms. The molecule has 0 radical (unpaired) electrons. The monoisotopic (exact) mass is 712 g/mol. The zero-order chi connectivity index (χ0) is 32.2. The molecular formula is C34H49IO8. The third-order valence-corrected chi connectivity index (χ3v) is 7.42. The number of phenols is 1. The van der Waals surface area contributed by atoms with Gasteiger partial charge in [-0.15, -0.1) is 0 Å². The number of hydrogen-bond acceptors (Lipinski definition) is 8. The Kier molecular flexibility index (Phi) is 14.7. The predicted octanol–water partition coefficient (Wildman–Crippen LogP) is 7.02. The number of esters is 2. The molecule has 2 aromatic carbocycles. The fraction of sp³-hybridized carbons (Fsp3) is 0.588. The molecule has 0 unspecified atom stereocenters. The molecule has 0 atom stereocenters. The summed E-state index contributed by atoms with van der Waals surface area (Å²) in [6.45, 7) is 18.1. The summed E-state index contributed by atoms with van der Waals surface area (Å²) in [5.41, 5.74) is 5.67. The van der Waals surface area contributed by atoms with Crippen molar-refractivity contribution in [2.24, 2.45) is 0 Å². The van der Waals surface area contributed by atoms with Crippen LogP contribution in [0.15, 0.2) is 24.3 Å². The van der Waals surface area contributed by atoms with E-state index in [4.69, 9.17) is 22.0 Å². The number of rotatable bonds is 16. The third kappa shape index (κ3) is 12.6. The van der Waals surface area contributed by atoms with E-state index in [9.17, 15) is 14.7 Å². The van der Waals surface area contributed by atoms with Crippen molar-refractivity contribution >= 4 is 34.9 Å². The molecule has 0 aliphatic heterocycles. The first-order valence-electron chi connectivity index (χ1n) is 14.9. The number of aromatic hydroxyl groups is 1. The van der Waals surface area contributed by atoms with Gasteiger partial charge in [-0.1, -0.05) is 65.8 Å². The number of carbonyl (C=O) groups is 2. The average molecular weight is 713 g/mol. The van der Waals surface area contributed by atoms with E-state index in [1.807, 2.05) is 69.8 Å². The molecule has 8 nitrogen and oxygen atoms in total. The highest BCUT2D eigenvalue weighted by atomic mass is 127. The second-order valence-electron chi connectivity index (χ2n) is 12.8. The minimum absolute atomic E-state index is 0.0704. The number of phenolic OH excluding ortho intramolecular Hbond substituents is 1. The van der Waals surface area contributed by atoms with Crippen molar-refractivity contribution < 1.29 is 36.7 Å². The largest absolute Gasteiger partial charge is 0.507 e.